The van der Waals surface area contributed by atoms with Crippen LogP contribution < -0.4 is 9.41 Å². The molecule has 0 saturated carbocycles. The highest BCUT2D eigenvalue weighted by Crippen LogP contribution is 2.18. The van der Waals surface area contributed by atoms with E-state index in [0.29, 0.717) is 0 Å². The second-order valence-electron chi connectivity index (χ2n) is 3.68. The zero-order valence-electron chi connectivity index (χ0n) is 9.68. The molecule has 2 aromatic carbocycles. The van der Waals surface area contributed by atoms with Crippen molar-refractivity contribution in [1.82, 2.24) is 0 Å². The number of nitrogens with one attached hydrogen (secondary N) is 1. The Kier molecular flexibility index (Phi) is 3.82. The lowest BCUT2D eigenvalue weighted by atomic mass is 10.3. The van der Waals surface area contributed by atoms with Crippen molar-refractivity contribution in [3.05, 3.63) is 59.8 Å². The molecule has 1 unspecified atom stereocenters. The number of quaternary nitrogens is 1. The van der Waals surface area contributed by atoms with Gasteiger partial charge in [-0.2, -0.15) is 13.6 Å². The summed E-state index contributed by atoms with van der Waals surface area (Å²) in [6.07, 6.45) is 0. The van der Waals surface area contributed by atoms with Crippen LogP contribution in [0.2, 0.25) is 0 Å². The van der Waals surface area contributed by atoms with Crippen LogP contribution in [0.25, 0.3) is 0 Å². The predicted octanol–water partition coefficient (Wildman–Crippen LogP) is 0.858. The van der Waals surface area contributed by atoms with Crippen molar-refractivity contribution in [2.24, 2.45) is 0 Å². The van der Waals surface area contributed by atoms with Crippen LogP contribution in [0, 0.1) is 5.21 Å². The van der Waals surface area contributed by atoms with E-state index in [1.165, 1.54) is 36.4 Å². The van der Waals surface area contributed by atoms with Gasteiger partial charge in [0.05, 0.1) is 0 Å². The maximum Gasteiger partial charge on any atom is 0.339 e. The van der Waals surface area contributed by atoms with E-state index in [2.05, 4.69) is 0 Å². The lowest BCUT2D eigenvalue weighted by molar-refractivity contribution is -0.991. The molecule has 0 bridgehead atoms. The van der Waals surface area contributed by atoms with Gasteiger partial charge in [0.2, 0.25) is 0 Å². The SMILES string of the molecule is O=S(=O)(Oc1ccccc1)c1ccc([NH+]([O-])O)cc1. The predicted molar refractivity (Wildman–Crippen MR) is 66.5 cm³/mol. The summed E-state index contributed by atoms with van der Waals surface area (Å²) in [4.78, 5) is -0.0960. The van der Waals surface area contributed by atoms with Crippen molar-refractivity contribution in [1.29, 1.82) is 0 Å². The molecule has 0 heterocycles. The molecule has 2 aromatic rings. The molecule has 0 fully saturated rings. The molecular formula is C12H11NO5S. The topological polar surface area (TPSA) is 91.1 Å². The van der Waals surface area contributed by atoms with Gasteiger partial charge in [-0.1, -0.05) is 18.2 Å². The third-order valence-corrected chi connectivity index (χ3v) is 3.60. The van der Waals surface area contributed by atoms with Crippen LogP contribution in [-0.2, 0) is 10.1 Å². The van der Waals surface area contributed by atoms with Gasteiger partial charge in [0.15, 0.2) is 5.69 Å². The van der Waals surface area contributed by atoms with E-state index < -0.39 is 15.3 Å². The van der Waals surface area contributed by atoms with Crippen molar-refractivity contribution in [3.63, 3.8) is 0 Å². The summed E-state index contributed by atoms with van der Waals surface area (Å²) >= 11 is 0. The summed E-state index contributed by atoms with van der Waals surface area (Å²) in [5.74, 6) is 0.199. The highest BCUT2D eigenvalue weighted by molar-refractivity contribution is 7.87. The van der Waals surface area contributed by atoms with Crippen LogP contribution in [0.15, 0.2) is 59.5 Å². The fraction of sp³-hybridized carbons (Fsp3) is 0. The van der Waals surface area contributed by atoms with Gasteiger partial charge in [-0.3, -0.25) is 0 Å². The van der Waals surface area contributed by atoms with Crippen LogP contribution in [-0.4, -0.2) is 13.6 Å². The smallest absolute Gasteiger partial charge is 0.339 e. The monoisotopic (exact) mass is 281 g/mol. The van der Waals surface area contributed by atoms with E-state index in [4.69, 9.17) is 9.39 Å². The van der Waals surface area contributed by atoms with Crippen LogP contribution in [0.3, 0.4) is 0 Å². The van der Waals surface area contributed by atoms with Gasteiger partial charge in [0.1, 0.15) is 10.6 Å². The van der Waals surface area contributed by atoms with E-state index in [9.17, 15) is 13.6 Å². The molecule has 2 rings (SSSR count). The van der Waals surface area contributed by atoms with Crippen LogP contribution >= 0.6 is 0 Å². The Morgan fingerprint density at radius 3 is 2.11 bits per heavy atom. The maximum absolute atomic E-state index is 11.9. The second kappa shape index (κ2) is 5.37. The summed E-state index contributed by atoms with van der Waals surface area (Å²) in [7, 11) is -3.95. The minimum atomic E-state index is -3.95. The van der Waals surface area contributed by atoms with E-state index in [1.807, 2.05) is 0 Å². The van der Waals surface area contributed by atoms with Crippen LogP contribution in [0.5, 0.6) is 5.75 Å². The molecule has 0 amide bonds. The van der Waals surface area contributed by atoms with Crippen molar-refractivity contribution in [3.8, 4) is 5.75 Å². The van der Waals surface area contributed by atoms with Crippen LogP contribution in [0.4, 0.5) is 5.69 Å². The standard InChI is InChI=1S/C12H11NO5S/c14-13(15)10-6-8-12(9-7-10)19(16,17)18-11-4-2-1-3-5-11/h1-9,13-14H. The quantitative estimate of drug-likeness (QED) is 0.640. The maximum atomic E-state index is 11.9. The van der Waals surface area contributed by atoms with E-state index in [-0.39, 0.29) is 16.3 Å². The second-order valence-corrected chi connectivity index (χ2v) is 5.23. The molecule has 0 aromatic heterocycles. The van der Waals surface area contributed by atoms with E-state index in [1.54, 1.807) is 18.2 Å². The molecule has 7 heteroatoms. The Bertz CT molecular complexity index is 638. The molecule has 0 spiro atoms. The van der Waals surface area contributed by atoms with Gasteiger partial charge < -0.3 is 9.39 Å². The number of hydrogen-bond acceptors (Lipinski definition) is 5. The molecule has 100 valence electrons. The van der Waals surface area contributed by atoms with Gasteiger partial charge >= 0.3 is 10.1 Å². The lowest BCUT2D eigenvalue weighted by Gasteiger charge is -2.12. The van der Waals surface area contributed by atoms with Gasteiger partial charge in [-0.05, 0) is 24.3 Å². The Hall–Kier alpha value is -1.93. The zero-order valence-corrected chi connectivity index (χ0v) is 10.5. The van der Waals surface area contributed by atoms with Crippen molar-refractivity contribution in [2.75, 3.05) is 0 Å². The number of para-hydroxylation sites is 1. The highest BCUT2D eigenvalue weighted by atomic mass is 32.2. The molecule has 0 radical (unpaired) electrons. The summed E-state index contributed by atoms with van der Waals surface area (Å²) in [6, 6.07) is 12.9. The molecule has 0 saturated heterocycles. The fourth-order valence-electron chi connectivity index (χ4n) is 1.42. The van der Waals surface area contributed by atoms with Crippen molar-refractivity contribution in [2.45, 2.75) is 4.90 Å². The Balaban J connectivity index is 2.25. The minimum absolute atomic E-state index is 0.0126. The van der Waals surface area contributed by atoms with Crippen molar-refractivity contribution >= 4 is 15.8 Å². The molecular weight excluding hydrogens is 270 g/mol. The first-order valence-electron chi connectivity index (χ1n) is 5.32. The number of hydrogen-bond donors (Lipinski definition) is 2. The molecule has 19 heavy (non-hydrogen) atoms. The zero-order chi connectivity index (χ0) is 13.9. The Labute approximate surface area is 110 Å². The van der Waals surface area contributed by atoms with Gasteiger partial charge in [-0.25, -0.2) is 5.21 Å². The van der Waals surface area contributed by atoms with Crippen LogP contribution in [0.1, 0.15) is 0 Å². The highest BCUT2D eigenvalue weighted by Gasteiger charge is 2.17. The Morgan fingerprint density at radius 2 is 1.58 bits per heavy atom. The summed E-state index contributed by atoms with van der Waals surface area (Å²) in [5.41, 5.74) is 0.0126. The van der Waals surface area contributed by atoms with Gasteiger partial charge in [0.25, 0.3) is 0 Å². The van der Waals surface area contributed by atoms with E-state index in [0.717, 1.165) is 0 Å². The third-order valence-electron chi connectivity index (χ3n) is 2.34. The summed E-state index contributed by atoms with van der Waals surface area (Å²) in [6.45, 7) is 0. The van der Waals surface area contributed by atoms with Gasteiger partial charge in [-0.15, -0.1) is 0 Å². The van der Waals surface area contributed by atoms with Gasteiger partial charge in [0, 0.05) is 12.1 Å². The molecule has 6 nitrogen and oxygen atoms in total. The largest absolute Gasteiger partial charge is 0.595 e. The first-order chi connectivity index (χ1) is 8.99. The first kappa shape index (κ1) is 13.5. The number of rotatable bonds is 4. The number of benzene rings is 2. The molecule has 0 aliphatic heterocycles. The average Bonchev–Trinajstić information content (AvgIpc) is 2.39. The normalized spacial score (nSPS) is 12.9. The minimum Gasteiger partial charge on any atom is -0.595 e. The first-order valence-corrected chi connectivity index (χ1v) is 6.73. The van der Waals surface area contributed by atoms with Crippen molar-refractivity contribution < 1.29 is 23.0 Å². The lowest BCUT2D eigenvalue weighted by Crippen LogP contribution is -2.99. The summed E-state index contributed by atoms with van der Waals surface area (Å²) < 4.78 is 28.7. The van der Waals surface area contributed by atoms with E-state index >= 15 is 0 Å². The molecule has 0 aliphatic rings. The summed E-state index contributed by atoms with van der Waals surface area (Å²) in [5, 5.41) is 18.3. The molecule has 1 atom stereocenters. The third kappa shape index (κ3) is 3.30. The molecule has 0 aliphatic carbocycles. The fourth-order valence-corrected chi connectivity index (χ4v) is 2.35. The average molecular weight is 281 g/mol. The molecule has 2 N–H and O–H groups in total. The Morgan fingerprint density at radius 1 is 1.00 bits per heavy atom.